The standard InChI is InChI=1S/C13H26.K/c1-12(2,3)10-8-7-9-11-13(4,5)6;/h10-11H,7-9H2,1-6H3;/q-2;+1. The quantitative estimate of drug-likeness (QED) is 0.385. The molecule has 0 saturated heterocycles. The summed E-state index contributed by atoms with van der Waals surface area (Å²) in [5.41, 5.74) is 0.781. The maximum absolute atomic E-state index is 2.42. The minimum atomic E-state index is 0. The summed E-state index contributed by atoms with van der Waals surface area (Å²) in [6.45, 7) is 13.6. The molecule has 14 heavy (non-hydrogen) atoms. The van der Waals surface area contributed by atoms with Crippen molar-refractivity contribution in [2.45, 2.75) is 60.8 Å². The summed E-state index contributed by atoms with van der Waals surface area (Å²) < 4.78 is 0. The molecule has 0 nitrogen and oxygen atoms in total. The van der Waals surface area contributed by atoms with Crippen LogP contribution in [-0.2, 0) is 0 Å². The Bertz CT molecular complexity index is 109. The van der Waals surface area contributed by atoms with Gasteiger partial charge in [-0.3, -0.25) is 0 Å². The van der Waals surface area contributed by atoms with Gasteiger partial charge < -0.3 is 12.8 Å². The second kappa shape index (κ2) is 7.84. The van der Waals surface area contributed by atoms with E-state index in [9.17, 15) is 0 Å². The molecule has 0 aliphatic heterocycles. The van der Waals surface area contributed by atoms with Gasteiger partial charge in [-0.15, -0.1) is 6.42 Å². The summed E-state index contributed by atoms with van der Waals surface area (Å²) in [6, 6.07) is 0. The van der Waals surface area contributed by atoms with Crippen molar-refractivity contribution in [2.75, 3.05) is 0 Å². The van der Waals surface area contributed by atoms with Crippen LogP contribution in [0, 0.1) is 23.7 Å². The average Bonchev–Trinajstić information content (AvgIpc) is 1.81. The average molecular weight is 221 g/mol. The zero-order valence-corrected chi connectivity index (χ0v) is 14.4. The molecule has 0 N–H and O–H groups in total. The van der Waals surface area contributed by atoms with E-state index in [1.807, 2.05) is 0 Å². The Morgan fingerprint density at radius 3 is 1.21 bits per heavy atom. The SMILES string of the molecule is CC(C)(C)[CH-]CCC[CH-]C(C)(C)C.[K+]. The Labute approximate surface area is 134 Å². The number of hydrogen-bond donors (Lipinski definition) is 0. The molecule has 0 radical (unpaired) electrons. The minimum Gasteiger partial charge on any atom is -0.323 e. The van der Waals surface area contributed by atoms with Crippen LogP contribution in [0.25, 0.3) is 0 Å². The van der Waals surface area contributed by atoms with E-state index in [2.05, 4.69) is 54.4 Å². The van der Waals surface area contributed by atoms with Gasteiger partial charge in [-0.05, 0) is 0 Å². The molecule has 0 saturated carbocycles. The van der Waals surface area contributed by atoms with Gasteiger partial charge in [-0.2, -0.15) is 23.7 Å². The van der Waals surface area contributed by atoms with Gasteiger partial charge >= 0.3 is 51.4 Å². The van der Waals surface area contributed by atoms with E-state index >= 15 is 0 Å². The Balaban J connectivity index is 0. The Morgan fingerprint density at radius 2 is 1.00 bits per heavy atom. The van der Waals surface area contributed by atoms with Crippen LogP contribution in [0.5, 0.6) is 0 Å². The van der Waals surface area contributed by atoms with Crippen molar-refractivity contribution >= 4 is 0 Å². The second-order valence-corrected chi connectivity index (χ2v) is 6.07. The van der Waals surface area contributed by atoms with E-state index in [1.54, 1.807) is 0 Å². The molecule has 0 aliphatic rings. The summed E-state index contributed by atoms with van der Waals surface area (Å²) in [5, 5.41) is 0. The largest absolute Gasteiger partial charge is 1.00 e. The first-order valence-corrected chi connectivity index (χ1v) is 5.39. The Kier molecular flexibility index (Phi) is 10.1. The molecular weight excluding hydrogens is 195 g/mol. The molecule has 0 spiro atoms. The van der Waals surface area contributed by atoms with Gasteiger partial charge in [0.1, 0.15) is 0 Å². The van der Waals surface area contributed by atoms with Crippen molar-refractivity contribution in [3.63, 3.8) is 0 Å². The maximum Gasteiger partial charge on any atom is 1.00 e. The summed E-state index contributed by atoms with van der Waals surface area (Å²) >= 11 is 0. The molecule has 1 heteroatoms. The smallest absolute Gasteiger partial charge is 0.323 e. The fourth-order valence-electron chi connectivity index (χ4n) is 1.19. The third-order valence-corrected chi connectivity index (χ3v) is 1.92. The Morgan fingerprint density at radius 1 is 0.714 bits per heavy atom. The van der Waals surface area contributed by atoms with Crippen LogP contribution in [-0.4, -0.2) is 0 Å². The Hall–Kier alpha value is 1.64. The predicted octanol–water partition coefficient (Wildman–Crippen LogP) is 1.66. The van der Waals surface area contributed by atoms with Crippen LogP contribution in [0.15, 0.2) is 0 Å². The fraction of sp³-hybridized carbons (Fsp3) is 0.846. The molecule has 0 rings (SSSR count). The van der Waals surface area contributed by atoms with Crippen LogP contribution in [0.2, 0.25) is 0 Å². The topological polar surface area (TPSA) is 0 Å². The molecule has 0 amide bonds. The first-order valence-electron chi connectivity index (χ1n) is 5.39. The first-order chi connectivity index (χ1) is 5.71. The van der Waals surface area contributed by atoms with Crippen LogP contribution in [0.3, 0.4) is 0 Å². The van der Waals surface area contributed by atoms with E-state index in [-0.39, 0.29) is 51.4 Å². The zero-order chi connectivity index (χ0) is 10.5. The van der Waals surface area contributed by atoms with Crippen LogP contribution in [0.1, 0.15) is 60.8 Å². The summed E-state index contributed by atoms with van der Waals surface area (Å²) in [6.07, 6.45) is 8.63. The number of unbranched alkanes of at least 4 members (excludes halogenated alkanes) is 2. The molecule has 0 atom stereocenters. The molecule has 0 aromatic heterocycles. The van der Waals surface area contributed by atoms with Crippen molar-refractivity contribution in [3.8, 4) is 0 Å². The van der Waals surface area contributed by atoms with Gasteiger partial charge in [-0.1, -0.05) is 41.5 Å². The second-order valence-electron chi connectivity index (χ2n) is 6.07. The van der Waals surface area contributed by atoms with E-state index in [0.29, 0.717) is 10.8 Å². The number of hydrogen-bond acceptors (Lipinski definition) is 0. The molecule has 80 valence electrons. The molecule has 0 heterocycles. The van der Waals surface area contributed by atoms with E-state index in [0.717, 1.165) is 0 Å². The van der Waals surface area contributed by atoms with Crippen LogP contribution < -0.4 is 51.4 Å². The molecular formula is C13H26K-. The van der Waals surface area contributed by atoms with E-state index in [4.69, 9.17) is 0 Å². The summed E-state index contributed by atoms with van der Waals surface area (Å²) in [7, 11) is 0. The third-order valence-electron chi connectivity index (χ3n) is 1.92. The third kappa shape index (κ3) is 16.1. The molecule has 0 aliphatic carbocycles. The predicted molar refractivity (Wildman–Crippen MR) is 61.4 cm³/mol. The van der Waals surface area contributed by atoms with Crippen molar-refractivity contribution in [3.05, 3.63) is 12.8 Å². The van der Waals surface area contributed by atoms with Gasteiger partial charge in [0.15, 0.2) is 0 Å². The molecule has 0 unspecified atom stereocenters. The zero-order valence-electron chi connectivity index (χ0n) is 11.3. The van der Waals surface area contributed by atoms with Crippen molar-refractivity contribution < 1.29 is 51.4 Å². The number of rotatable bonds is 4. The fourth-order valence-corrected chi connectivity index (χ4v) is 1.19. The van der Waals surface area contributed by atoms with E-state index < -0.39 is 0 Å². The normalized spacial score (nSPS) is 12.4. The van der Waals surface area contributed by atoms with Crippen LogP contribution >= 0.6 is 0 Å². The first kappa shape index (κ1) is 18.0. The van der Waals surface area contributed by atoms with Crippen molar-refractivity contribution in [2.24, 2.45) is 10.8 Å². The molecule has 0 fully saturated rings. The van der Waals surface area contributed by atoms with Gasteiger partial charge in [-0.25, -0.2) is 0 Å². The molecule has 0 aromatic rings. The van der Waals surface area contributed by atoms with Gasteiger partial charge in [0.05, 0.1) is 0 Å². The van der Waals surface area contributed by atoms with Gasteiger partial charge in [0, 0.05) is 0 Å². The monoisotopic (exact) mass is 221 g/mol. The van der Waals surface area contributed by atoms with E-state index in [1.165, 1.54) is 19.3 Å². The summed E-state index contributed by atoms with van der Waals surface area (Å²) in [5.74, 6) is 0. The molecule has 0 aromatic carbocycles. The van der Waals surface area contributed by atoms with Gasteiger partial charge in [0.2, 0.25) is 0 Å². The minimum absolute atomic E-state index is 0. The van der Waals surface area contributed by atoms with Gasteiger partial charge in [0.25, 0.3) is 0 Å². The maximum atomic E-state index is 2.42. The van der Waals surface area contributed by atoms with Crippen molar-refractivity contribution in [1.82, 2.24) is 0 Å². The van der Waals surface area contributed by atoms with Crippen molar-refractivity contribution in [1.29, 1.82) is 0 Å². The molecule has 0 bridgehead atoms. The van der Waals surface area contributed by atoms with Crippen LogP contribution in [0.4, 0.5) is 0 Å². The summed E-state index contributed by atoms with van der Waals surface area (Å²) in [4.78, 5) is 0.